The maximum Gasteiger partial charge on any atom is 0.234 e. The van der Waals surface area contributed by atoms with Crippen LogP contribution in [-0.2, 0) is 4.79 Å². The molecule has 1 amide bonds. The molecule has 2 heterocycles. The number of aryl methyl sites for hydroxylation is 1. The second-order valence-electron chi connectivity index (χ2n) is 6.56. The van der Waals surface area contributed by atoms with Crippen LogP contribution < -0.4 is 5.32 Å². The number of hydrogen-bond donors (Lipinski definition) is 1. The topological polar surface area (TPSA) is 32.3 Å². The number of nitrogens with zero attached hydrogens (tertiary/aromatic N) is 1. The lowest BCUT2D eigenvalue weighted by Gasteiger charge is -2.21. The standard InChI is InChI=1S/C19H24N2OS/c1-14-5-7-16(8-6-14)19(17-4-3-11-23-17)20-18(22)13-21-10-9-15(2)12-21/h3-8,11,15,19H,9-10,12-13H2,1-2H3,(H,20,22). The van der Waals surface area contributed by atoms with Crippen LogP contribution in [0.25, 0.3) is 0 Å². The minimum atomic E-state index is -0.0527. The SMILES string of the molecule is Cc1ccc(C(NC(=O)CN2CCC(C)C2)c2cccs2)cc1. The van der Waals surface area contributed by atoms with Gasteiger partial charge in [0.05, 0.1) is 12.6 Å². The lowest BCUT2D eigenvalue weighted by molar-refractivity contribution is -0.122. The molecular weight excluding hydrogens is 304 g/mol. The number of benzene rings is 1. The van der Waals surface area contributed by atoms with Crippen LogP contribution in [-0.4, -0.2) is 30.4 Å². The maximum atomic E-state index is 12.5. The second-order valence-corrected chi connectivity index (χ2v) is 7.53. The van der Waals surface area contributed by atoms with Crippen LogP contribution in [0, 0.1) is 12.8 Å². The van der Waals surface area contributed by atoms with E-state index in [0.29, 0.717) is 12.5 Å². The van der Waals surface area contributed by atoms with Gasteiger partial charge in [-0.3, -0.25) is 9.69 Å². The molecule has 0 saturated carbocycles. The molecule has 1 N–H and O–H groups in total. The highest BCUT2D eigenvalue weighted by atomic mass is 32.1. The van der Waals surface area contributed by atoms with Gasteiger partial charge in [-0.1, -0.05) is 42.8 Å². The van der Waals surface area contributed by atoms with E-state index in [9.17, 15) is 4.79 Å². The van der Waals surface area contributed by atoms with Crippen LogP contribution in [0.2, 0.25) is 0 Å². The molecule has 0 aliphatic carbocycles. The summed E-state index contributed by atoms with van der Waals surface area (Å²) in [6.45, 7) is 6.89. The van der Waals surface area contributed by atoms with E-state index in [4.69, 9.17) is 0 Å². The van der Waals surface area contributed by atoms with Crippen LogP contribution in [0.4, 0.5) is 0 Å². The van der Waals surface area contributed by atoms with Gasteiger partial charge in [-0.25, -0.2) is 0 Å². The third-order valence-electron chi connectivity index (χ3n) is 4.42. The largest absolute Gasteiger partial charge is 0.343 e. The molecular formula is C19H24N2OS. The summed E-state index contributed by atoms with van der Waals surface area (Å²) in [6.07, 6.45) is 1.19. The van der Waals surface area contributed by atoms with Gasteiger partial charge in [0.25, 0.3) is 0 Å². The van der Waals surface area contributed by atoms with E-state index in [-0.39, 0.29) is 11.9 Å². The summed E-state index contributed by atoms with van der Waals surface area (Å²) >= 11 is 1.69. The molecule has 122 valence electrons. The van der Waals surface area contributed by atoms with Gasteiger partial charge in [0.1, 0.15) is 0 Å². The summed E-state index contributed by atoms with van der Waals surface area (Å²) < 4.78 is 0. The van der Waals surface area contributed by atoms with Gasteiger partial charge in [0, 0.05) is 11.4 Å². The number of amides is 1. The van der Waals surface area contributed by atoms with Crippen molar-refractivity contribution in [2.75, 3.05) is 19.6 Å². The van der Waals surface area contributed by atoms with E-state index in [1.165, 1.54) is 16.9 Å². The molecule has 0 spiro atoms. The number of thiophene rings is 1. The van der Waals surface area contributed by atoms with E-state index < -0.39 is 0 Å². The van der Waals surface area contributed by atoms with Crippen molar-refractivity contribution in [1.29, 1.82) is 0 Å². The van der Waals surface area contributed by atoms with Crippen LogP contribution in [0.15, 0.2) is 41.8 Å². The van der Waals surface area contributed by atoms with Crippen molar-refractivity contribution >= 4 is 17.2 Å². The third kappa shape index (κ3) is 4.21. The first-order chi connectivity index (χ1) is 11.1. The average Bonchev–Trinajstić information content (AvgIpc) is 3.18. The smallest absolute Gasteiger partial charge is 0.234 e. The van der Waals surface area contributed by atoms with Crippen molar-refractivity contribution < 1.29 is 4.79 Å². The zero-order chi connectivity index (χ0) is 16.2. The number of carbonyl (C=O) groups excluding carboxylic acids is 1. The number of likely N-dealkylation sites (tertiary alicyclic amines) is 1. The molecule has 3 nitrogen and oxygen atoms in total. The predicted molar refractivity (Wildman–Crippen MR) is 95.7 cm³/mol. The van der Waals surface area contributed by atoms with Gasteiger partial charge in [-0.2, -0.15) is 0 Å². The molecule has 0 bridgehead atoms. The Labute approximate surface area is 142 Å². The van der Waals surface area contributed by atoms with E-state index in [2.05, 4.69) is 59.8 Å². The average molecular weight is 328 g/mol. The first-order valence-corrected chi connectivity index (χ1v) is 9.11. The number of carbonyl (C=O) groups is 1. The summed E-state index contributed by atoms with van der Waals surface area (Å²) in [5.41, 5.74) is 2.37. The Bertz CT molecular complexity index is 636. The number of nitrogens with one attached hydrogen (secondary N) is 1. The minimum absolute atomic E-state index is 0.0527. The zero-order valence-electron chi connectivity index (χ0n) is 13.8. The Balaban J connectivity index is 1.71. The number of hydrogen-bond acceptors (Lipinski definition) is 3. The van der Waals surface area contributed by atoms with Crippen molar-refractivity contribution in [1.82, 2.24) is 10.2 Å². The van der Waals surface area contributed by atoms with Crippen LogP contribution in [0.1, 0.15) is 35.4 Å². The molecule has 4 heteroatoms. The summed E-state index contributed by atoms with van der Waals surface area (Å²) in [5, 5.41) is 5.29. The summed E-state index contributed by atoms with van der Waals surface area (Å²) in [7, 11) is 0. The summed E-state index contributed by atoms with van der Waals surface area (Å²) in [5.74, 6) is 0.811. The Hall–Kier alpha value is -1.65. The molecule has 2 unspecified atom stereocenters. The highest BCUT2D eigenvalue weighted by molar-refractivity contribution is 7.10. The monoisotopic (exact) mass is 328 g/mol. The van der Waals surface area contributed by atoms with Gasteiger partial charge in [0.15, 0.2) is 0 Å². The van der Waals surface area contributed by atoms with Crippen LogP contribution in [0.5, 0.6) is 0 Å². The zero-order valence-corrected chi connectivity index (χ0v) is 14.6. The van der Waals surface area contributed by atoms with Gasteiger partial charge < -0.3 is 5.32 Å². The van der Waals surface area contributed by atoms with Crippen molar-refractivity contribution in [3.05, 3.63) is 57.8 Å². The minimum Gasteiger partial charge on any atom is -0.343 e. The Kier molecular flexibility index (Phi) is 5.13. The molecule has 1 fully saturated rings. The first-order valence-electron chi connectivity index (χ1n) is 8.23. The molecule has 1 aromatic heterocycles. The van der Waals surface area contributed by atoms with Gasteiger partial charge >= 0.3 is 0 Å². The Morgan fingerprint density at radius 1 is 1.35 bits per heavy atom. The molecule has 2 aromatic rings. The molecule has 1 aromatic carbocycles. The van der Waals surface area contributed by atoms with Crippen molar-refractivity contribution in [3.63, 3.8) is 0 Å². The highest BCUT2D eigenvalue weighted by Gasteiger charge is 2.23. The summed E-state index contributed by atoms with van der Waals surface area (Å²) in [4.78, 5) is 15.9. The van der Waals surface area contributed by atoms with Crippen molar-refractivity contribution in [2.45, 2.75) is 26.3 Å². The molecule has 1 aliphatic heterocycles. The molecule has 3 rings (SSSR count). The van der Waals surface area contributed by atoms with Gasteiger partial charge in [-0.15, -0.1) is 11.3 Å². The van der Waals surface area contributed by atoms with E-state index in [1.54, 1.807) is 11.3 Å². The summed E-state index contributed by atoms with van der Waals surface area (Å²) in [6, 6.07) is 12.5. The lowest BCUT2D eigenvalue weighted by atomic mass is 10.0. The normalized spacial score (nSPS) is 19.7. The van der Waals surface area contributed by atoms with E-state index in [0.717, 1.165) is 18.7 Å². The first kappa shape index (κ1) is 16.2. The van der Waals surface area contributed by atoms with Crippen LogP contribution in [0.3, 0.4) is 0 Å². The maximum absolute atomic E-state index is 12.5. The number of rotatable bonds is 5. The fourth-order valence-electron chi connectivity index (χ4n) is 3.11. The van der Waals surface area contributed by atoms with Crippen molar-refractivity contribution in [3.8, 4) is 0 Å². The van der Waals surface area contributed by atoms with Crippen molar-refractivity contribution in [2.24, 2.45) is 5.92 Å². The molecule has 1 saturated heterocycles. The van der Waals surface area contributed by atoms with E-state index in [1.807, 2.05) is 6.07 Å². The van der Waals surface area contributed by atoms with E-state index >= 15 is 0 Å². The predicted octanol–water partition coefficient (Wildman–Crippen LogP) is 3.60. The quantitative estimate of drug-likeness (QED) is 0.909. The van der Waals surface area contributed by atoms with Crippen LogP contribution >= 0.6 is 11.3 Å². The molecule has 23 heavy (non-hydrogen) atoms. The fraction of sp³-hybridized carbons (Fsp3) is 0.421. The van der Waals surface area contributed by atoms with Gasteiger partial charge in [0.2, 0.25) is 5.91 Å². The third-order valence-corrected chi connectivity index (χ3v) is 5.36. The Morgan fingerprint density at radius 2 is 2.13 bits per heavy atom. The second kappa shape index (κ2) is 7.28. The molecule has 2 atom stereocenters. The molecule has 0 radical (unpaired) electrons. The van der Waals surface area contributed by atoms with Gasteiger partial charge in [-0.05, 0) is 42.8 Å². The highest BCUT2D eigenvalue weighted by Crippen LogP contribution is 2.26. The molecule has 1 aliphatic rings. The fourth-order valence-corrected chi connectivity index (χ4v) is 3.92. The lowest BCUT2D eigenvalue weighted by Crippen LogP contribution is -2.38. The Morgan fingerprint density at radius 3 is 2.74 bits per heavy atom.